The second kappa shape index (κ2) is 61.4. The second-order valence-electron chi connectivity index (χ2n) is 20.8. The van der Waals surface area contributed by atoms with E-state index in [1.165, 1.54) is 193 Å². The van der Waals surface area contributed by atoms with E-state index >= 15 is 0 Å². The first-order chi connectivity index (χ1) is 31.3. The molecule has 0 heterocycles. The van der Waals surface area contributed by atoms with Crippen LogP contribution in [0, 0.1) is 208 Å². The third-order valence-electron chi connectivity index (χ3n) is 18.2. The molecule has 0 saturated heterocycles. The van der Waals surface area contributed by atoms with E-state index < -0.39 is 0 Å². The van der Waals surface area contributed by atoms with Gasteiger partial charge in [-0.1, -0.05) is 197 Å². The fraction of sp³-hybridized carbons (Fsp3) is 0.500. The quantitative estimate of drug-likeness (QED) is 0.0479. The van der Waals surface area contributed by atoms with Crippen molar-refractivity contribution in [1.82, 2.24) is 0 Å². The van der Waals surface area contributed by atoms with Crippen LogP contribution in [-0.2, 0) is 267 Å². The average molecular weight is 1880 g/mol. The monoisotopic (exact) mass is 1890 g/mol. The normalized spacial score (nSPS) is 9.40. The number of hydrogen-bond donors (Lipinski definition) is 0. The largest absolute Gasteiger partial charge is 0.813 e. The zero-order valence-electron chi connectivity index (χ0n) is 56.8. The SMILES string of the molecule is C1=CCCC=CCC1.C[c-]1[c-](C)[c-](C)[c-](C)[c-]1C.Cc1c(C)c(C)[c-](C)c1C.Cc1c(C)c(C)[c-](C)c1C.Cc1c(C)c(C)[c-](C)c1C.Cc1c(C)c(C)[c-](C)c1C.Cc1c(C)c(C)[c-](C)c1C.[Mo].[Mo].[Mo].[Mo].[Mo].[Mo].[Ni].[Ni].[SH-].[SH-].[SH-].[SH-].[SH-].[SH-].[SH-].[SH-]. The summed E-state index contributed by atoms with van der Waals surface area (Å²) in [6.45, 7) is 66.0. The minimum Gasteiger partial charge on any atom is -0.813 e. The van der Waals surface area contributed by atoms with Gasteiger partial charge in [0.2, 0.25) is 0 Å². The summed E-state index contributed by atoms with van der Waals surface area (Å²) in [5.41, 5.74) is 44.0. The molecule has 0 N–H and O–H groups in total. The molecule has 0 aliphatic heterocycles. The summed E-state index contributed by atoms with van der Waals surface area (Å²) in [7, 11) is 0. The molecule has 504 valence electrons. The Labute approximate surface area is 682 Å². The molecule has 7 rings (SSSR count). The molecule has 0 unspecified atom stereocenters. The van der Waals surface area contributed by atoms with Crippen LogP contribution in [0.3, 0.4) is 0 Å². The maximum Gasteiger partial charge on any atom is 0 e. The van der Waals surface area contributed by atoms with Gasteiger partial charge in [-0.2, -0.15) is 139 Å². The predicted molar refractivity (Wildman–Crippen MR) is 381 cm³/mol. The summed E-state index contributed by atoms with van der Waals surface area (Å²) >= 11 is 0. The molecule has 0 bridgehead atoms. The van der Waals surface area contributed by atoms with E-state index in [0.717, 1.165) is 0 Å². The van der Waals surface area contributed by atoms with Crippen molar-refractivity contribution in [2.24, 2.45) is 0 Å². The molecule has 0 aromatic heterocycles. The average Bonchev–Trinajstić information content (AvgIpc) is 3.87. The second-order valence-corrected chi connectivity index (χ2v) is 20.8. The van der Waals surface area contributed by atoms with Gasteiger partial charge in [0.05, 0.1) is 0 Å². The summed E-state index contributed by atoms with van der Waals surface area (Å²) in [6.07, 6.45) is 14.0. The summed E-state index contributed by atoms with van der Waals surface area (Å²) in [6, 6.07) is 0. The van der Waals surface area contributed by atoms with Crippen molar-refractivity contribution >= 4 is 108 Å². The predicted octanol–water partition coefficient (Wildman–Crippen LogP) is 18.2. The molecular weight excluding hydrogens is 1770 g/mol. The third-order valence-corrected chi connectivity index (χ3v) is 18.2. The Morgan fingerprint density at radius 3 is 0.310 bits per heavy atom. The smallest absolute Gasteiger partial charge is 0 e. The van der Waals surface area contributed by atoms with Crippen LogP contribution in [0.4, 0.5) is 0 Å². The van der Waals surface area contributed by atoms with Gasteiger partial charge < -0.3 is 136 Å². The van der Waals surface area contributed by atoms with Crippen LogP contribution >= 0.6 is 0 Å². The Bertz CT molecular complexity index is 1760. The molecular formula is C68H110Mo6Ni2S8-18. The molecule has 0 saturated carbocycles. The van der Waals surface area contributed by atoms with Crippen molar-refractivity contribution in [3.8, 4) is 0 Å². The third kappa shape index (κ3) is 35.3. The maximum atomic E-state index is 2.27. The molecule has 16 heteroatoms. The van der Waals surface area contributed by atoms with Crippen molar-refractivity contribution < 1.29 is 159 Å². The molecule has 0 radical (unpaired) electrons. The van der Waals surface area contributed by atoms with E-state index in [1.807, 2.05) is 0 Å². The molecule has 1 aliphatic rings. The Hall–Kier alpha value is 3.50. The summed E-state index contributed by atoms with van der Waals surface area (Å²) < 4.78 is 0. The van der Waals surface area contributed by atoms with Gasteiger partial charge in [0, 0.05) is 159 Å². The number of thiol groups is 8. The van der Waals surface area contributed by atoms with Gasteiger partial charge in [-0.25, -0.2) is 34.6 Å². The first-order valence-electron chi connectivity index (χ1n) is 25.8. The van der Waals surface area contributed by atoms with Crippen LogP contribution in [0.5, 0.6) is 0 Å². The van der Waals surface area contributed by atoms with Crippen LogP contribution in [-0.4, -0.2) is 0 Å². The Kier molecular flexibility index (Phi) is 93.6. The number of allylic oxidation sites excluding steroid dienone is 4. The molecule has 1 aliphatic carbocycles. The summed E-state index contributed by atoms with van der Waals surface area (Å²) in [4.78, 5) is 0. The molecule has 0 amide bonds. The molecule has 0 nitrogen and oxygen atoms in total. The Balaban J connectivity index is -0.0000000445. The zero-order chi connectivity index (χ0) is 53.0. The van der Waals surface area contributed by atoms with E-state index in [2.05, 4.69) is 232 Å². The van der Waals surface area contributed by atoms with Gasteiger partial charge in [0.15, 0.2) is 0 Å². The minimum atomic E-state index is 0. The van der Waals surface area contributed by atoms with Crippen LogP contribution in [0.1, 0.15) is 193 Å². The molecule has 0 atom stereocenters. The van der Waals surface area contributed by atoms with Crippen molar-refractivity contribution in [2.75, 3.05) is 0 Å². The van der Waals surface area contributed by atoms with Crippen molar-refractivity contribution in [3.63, 3.8) is 0 Å². The first kappa shape index (κ1) is 128. The standard InChI is InChI=1S/6C10H15.C8H12.6Mo.2Ni.8H2S/c6*1-6-7(2)9(4)10(5)8(6)3;1-2-4-6-8-7-5-3-1;;;;;;;;;;;;;;;;/h6*1-5H3;1-2,7-8H,3-6H2;;;;;;;;;8*1H2/q-5;5*-1;;;;;;;;;;;;;;;;;/p-8. The van der Waals surface area contributed by atoms with Gasteiger partial charge >= 0.3 is 0 Å². The minimum absolute atomic E-state index is 0. The van der Waals surface area contributed by atoms with Gasteiger partial charge in [0.25, 0.3) is 0 Å². The van der Waals surface area contributed by atoms with Gasteiger partial charge in [-0.3, -0.25) is 0 Å². The molecule has 0 spiro atoms. The van der Waals surface area contributed by atoms with Crippen LogP contribution in [0.15, 0.2) is 24.3 Å². The van der Waals surface area contributed by atoms with Crippen molar-refractivity contribution in [3.05, 3.63) is 191 Å². The first-order valence-corrected chi connectivity index (χ1v) is 25.8. The van der Waals surface area contributed by atoms with E-state index in [0.29, 0.717) is 0 Å². The summed E-state index contributed by atoms with van der Waals surface area (Å²) in [5, 5.41) is 0. The fourth-order valence-electron chi connectivity index (χ4n) is 9.29. The van der Waals surface area contributed by atoms with Gasteiger partial charge in [0.1, 0.15) is 0 Å². The van der Waals surface area contributed by atoms with Crippen LogP contribution < -0.4 is 0 Å². The maximum absolute atomic E-state index is 2.27. The molecule has 0 fully saturated rings. The van der Waals surface area contributed by atoms with Crippen molar-refractivity contribution in [2.45, 2.75) is 233 Å². The zero-order valence-corrected chi connectivity index (χ0v) is 78.0. The van der Waals surface area contributed by atoms with Crippen LogP contribution in [0.2, 0.25) is 0 Å². The van der Waals surface area contributed by atoms with E-state index in [-0.39, 0.29) is 267 Å². The van der Waals surface area contributed by atoms with E-state index in [4.69, 9.17) is 0 Å². The van der Waals surface area contributed by atoms with Crippen LogP contribution in [0.25, 0.3) is 0 Å². The van der Waals surface area contributed by atoms with E-state index in [9.17, 15) is 0 Å². The van der Waals surface area contributed by atoms with E-state index in [1.54, 1.807) is 0 Å². The van der Waals surface area contributed by atoms with Gasteiger partial charge in [-0.15, -0.1) is 0 Å². The Morgan fingerprint density at radius 2 is 0.262 bits per heavy atom. The summed E-state index contributed by atoms with van der Waals surface area (Å²) in [5.74, 6) is 0. The number of hydrogen-bond acceptors (Lipinski definition) is 8. The Morgan fingerprint density at radius 1 is 0.190 bits per heavy atom. The van der Waals surface area contributed by atoms with Crippen molar-refractivity contribution in [1.29, 1.82) is 0 Å². The van der Waals surface area contributed by atoms with Gasteiger partial charge in [-0.05, 0) is 25.7 Å². The molecule has 6 aromatic rings. The fourth-order valence-corrected chi connectivity index (χ4v) is 9.29. The molecule has 84 heavy (non-hydrogen) atoms. The number of rotatable bonds is 0. The topological polar surface area (TPSA) is 0 Å². The molecule has 6 aromatic carbocycles.